The molecule has 0 aromatic rings. The molecule has 0 aromatic carbocycles. The van der Waals surface area contributed by atoms with Gasteiger partial charge in [0.1, 0.15) is 0 Å². The normalized spacial score (nSPS) is 22.3. The van der Waals surface area contributed by atoms with Crippen LogP contribution >= 0.6 is 0 Å². The summed E-state index contributed by atoms with van der Waals surface area (Å²) in [4.78, 5) is 14.8. The lowest BCUT2D eigenvalue weighted by Crippen LogP contribution is -2.47. The van der Waals surface area contributed by atoms with E-state index in [1.165, 1.54) is 44.9 Å². The Bertz CT molecular complexity index is 255. The Kier molecular flexibility index (Phi) is 5.48. The van der Waals surface area contributed by atoms with E-state index in [0.29, 0.717) is 24.4 Å². The van der Waals surface area contributed by atoms with E-state index in [1.807, 2.05) is 0 Å². The Labute approximate surface area is 111 Å². The van der Waals surface area contributed by atoms with E-state index in [-0.39, 0.29) is 0 Å². The smallest absolute Gasteiger partial charge is 0.225 e. The van der Waals surface area contributed by atoms with Crippen LogP contribution in [0.1, 0.15) is 64.2 Å². The second-order valence-corrected chi connectivity index (χ2v) is 5.95. The SMILES string of the molecule is NCCCN(C(=O)C1CCCCCC1)C1CCC1. The molecule has 2 saturated carbocycles. The van der Waals surface area contributed by atoms with Gasteiger partial charge in [0, 0.05) is 18.5 Å². The summed E-state index contributed by atoms with van der Waals surface area (Å²) >= 11 is 0. The molecule has 0 heterocycles. The topological polar surface area (TPSA) is 46.3 Å². The molecular weight excluding hydrogens is 224 g/mol. The molecule has 1 amide bonds. The maximum absolute atomic E-state index is 12.7. The van der Waals surface area contributed by atoms with Gasteiger partial charge in [0.05, 0.1) is 0 Å². The molecule has 0 aliphatic heterocycles. The van der Waals surface area contributed by atoms with Gasteiger partial charge in [-0.1, -0.05) is 25.7 Å². The van der Waals surface area contributed by atoms with Crippen molar-refractivity contribution in [2.75, 3.05) is 13.1 Å². The molecule has 0 radical (unpaired) electrons. The highest BCUT2D eigenvalue weighted by molar-refractivity contribution is 5.79. The first-order valence-electron chi connectivity index (χ1n) is 7.83. The van der Waals surface area contributed by atoms with Crippen LogP contribution in [0.15, 0.2) is 0 Å². The van der Waals surface area contributed by atoms with Crippen molar-refractivity contribution in [2.45, 2.75) is 70.3 Å². The molecule has 3 heteroatoms. The minimum atomic E-state index is 0.311. The summed E-state index contributed by atoms with van der Waals surface area (Å²) in [5.41, 5.74) is 5.60. The molecule has 3 nitrogen and oxygen atoms in total. The molecule has 2 aliphatic carbocycles. The number of rotatable bonds is 5. The zero-order chi connectivity index (χ0) is 12.8. The van der Waals surface area contributed by atoms with E-state index in [2.05, 4.69) is 4.90 Å². The largest absolute Gasteiger partial charge is 0.339 e. The van der Waals surface area contributed by atoms with E-state index in [4.69, 9.17) is 5.73 Å². The quantitative estimate of drug-likeness (QED) is 0.765. The van der Waals surface area contributed by atoms with Gasteiger partial charge in [-0.05, 0) is 45.1 Å². The summed E-state index contributed by atoms with van der Waals surface area (Å²) in [5.74, 6) is 0.751. The molecule has 2 aliphatic rings. The highest BCUT2D eigenvalue weighted by Gasteiger charge is 2.32. The molecular formula is C15H28N2O. The molecule has 2 rings (SSSR count). The van der Waals surface area contributed by atoms with Crippen LogP contribution in [0.4, 0.5) is 0 Å². The van der Waals surface area contributed by atoms with Crippen LogP contribution in [-0.2, 0) is 4.79 Å². The van der Waals surface area contributed by atoms with Crippen molar-refractivity contribution < 1.29 is 4.79 Å². The lowest BCUT2D eigenvalue weighted by molar-refractivity contribution is -0.140. The summed E-state index contributed by atoms with van der Waals surface area (Å²) < 4.78 is 0. The highest BCUT2D eigenvalue weighted by atomic mass is 16.2. The molecule has 0 bridgehead atoms. The van der Waals surface area contributed by atoms with Gasteiger partial charge in [-0.25, -0.2) is 0 Å². The summed E-state index contributed by atoms with van der Waals surface area (Å²) in [7, 11) is 0. The summed E-state index contributed by atoms with van der Waals surface area (Å²) in [6, 6.07) is 0.535. The van der Waals surface area contributed by atoms with Crippen molar-refractivity contribution in [3.63, 3.8) is 0 Å². The molecule has 0 aromatic heterocycles. The van der Waals surface area contributed by atoms with E-state index in [1.54, 1.807) is 0 Å². The van der Waals surface area contributed by atoms with Gasteiger partial charge in [0.25, 0.3) is 0 Å². The second kappa shape index (κ2) is 7.13. The van der Waals surface area contributed by atoms with E-state index in [0.717, 1.165) is 25.8 Å². The number of carbonyl (C=O) groups excluding carboxylic acids is 1. The Morgan fingerprint density at radius 3 is 2.17 bits per heavy atom. The molecule has 2 N–H and O–H groups in total. The number of nitrogens with two attached hydrogens (primary N) is 1. The van der Waals surface area contributed by atoms with Crippen LogP contribution in [-0.4, -0.2) is 29.9 Å². The molecule has 0 unspecified atom stereocenters. The van der Waals surface area contributed by atoms with Crippen molar-refractivity contribution in [1.29, 1.82) is 0 Å². The number of hydrogen-bond donors (Lipinski definition) is 1. The average Bonchev–Trinajstić information content (AvgIpc) is 2.59. The predicted molar refractivity (Wildman–Crippen MR) is 74.2 cm³/mol. The zero-order valence-electron chi connectivity index (χ0n) is 11.6. The van der Waals surface area contributed by atoms with Gasteiger partial charge in [0.2, 0.25) is 5.91 Å². The molecule has 0 spiro atoms. The Morgan fingerprint density at radius 2 is 1.67 bits per heavy atom. The van der Waals surface area contributed by atoms with Crippen LogP contribution in [0.25, 0.3) is 0 Å². The van der Waals surface area contributed by atoms with Crippen molar-refractivity contribution in [2.24, 2.45) is 11.7 Å². The predicted octanol–water partition coefficient (Wildman–Crippen LogP) is 2.69. The Balaban J connectivity index is 1.92. The maximum atomic E-state index is 12.7. The average molecular weight is 252 g/mol. The van der Waals surface area contributed by atoms with Crippen LogP contribution in [0.5, 0.6) is 0 Å². The lowest BCUT2D eigenvalue weighted by atomic mass is 9.89. The highest BCUT2D eigenvalue weighted by Crippen LogP contribution is 2.30. The minimum Gasteiger partial charge on any atom is -0.339 e. The van der Waals surface area contributed by atoms with Crippen LogP contribution < -0.4 is 5.73 Å². The first kappa shape index (κ1) is 13.9. The summed E-state index contributed by atoms with van der Waals surface area (Å²) in [6.45, 7) is 1.58. The fourth-order valence-electron chi connectivity index (χ4n) is 3.19. The third-order valence-corrected chi connectivity index (χ3v) is 4.61. The molecule has 18 heavy (non-hydrogen) atoms. The number of hydrogen-bond acceptors (Lipinski definition) is 2. The van der Waals surface area contributed by atoms with E-state index in [9.17, 15) is 4.79 Å². The van der Waals surface area contributed by atoms with Gasteiger partial charge < -0.3 is 10.6 Å². The van der Waals surface area contributed by atoms with Crippen LogP contribution in [0.3, 0.4) is 0 Å². The van der Waals surface area contributed by atoms with Crippen molar-refractivity contribution in [3.8, 4) is 0 Å². The zero-order valence-corrected chi connectivity index (χ0v) is 11.6. The fourth-order valence-corrected chi connectivity index (χ4v) is 3.19. The molecule has 104 valence electrons. The van der Waals surface area contributed by atoms with Crippen LogP contribution in [0, 0.1) is 5.92 Å². The fraction of sp³-hybridized carbons (Fsp3) is 0.933. The number of amides is 1. The number of carbonyl (C=O) groups is 1. The third kappa shape index (κ3) is 3.47. The minimum absolute atomic E-state index is 0.311. The number of nitrogens with zero attached hydrogens (tertiary/aromatic N) is 1. The van der Waals surface area contributed by atoms with Crippen molar-refractivity contribution in [1.82, 2.24) is 4.90 Å². The second-order valence-electron chi connectivity index (χ2n) is 5.95. The van der Waals surface area contributed by atoms with Crippen molar-refractivity contribution >= 4 is 5.91 Å². The molecule has 0 saturated heterocycles. The monoisotopic (exact) mass is 252 g/mol. The standard InChI is InChI=1S/C15H28N2O/c16-11-6-12-17(14-9-5-10-14)15(18)13-7-3-1-2-4-8-13/h13-14H,1-12,16H2. The molecule has 0 atom stereocenters. The Hall–Kier alpha value is -0.570. The Morgan fingerprint density at radius 1 is 1.00 bits per heavy atom. The van der Waals surface area contributed by atoms with Gasteiger partial charge in [-0.3, -0.25) is 4.79 Å². The summed E-state index contributed by atoms with van der Waals surface area (Å²) in [5, 5.41) is 0. The third-order valence-electron chi connectivity index (χ3n) is 4.61. The van der Waals surface area contributed by atoms with Gasteiger partial charge >= 0.3 is 0 Å². The van der Waals surface area contributed by atoms with E-state index >= 15 is 0 Å². The molecule has 2 fully saturated rings. The maximum Gasteiger partial charge on any atom is 0.225 e. The van der Waals surface area contributed by atoms with Crippen molar-refractivity contribution in [3.05, 3.63) is 0 Å². The first-order valence-corrected chi connectivity index (χ1v) is 7.83. The van der Waals surface area contributed by atoms with Gasteiger partial charge in [-0.15, -0.1) is 0 Å². The first-order chi connectivity index (χ1) is 8.83. The lowest BCUT2D eigenvalue weighted by Gasteiger charge is -2.39. The van der Waals surface area contributed by atoms with Crippen LogP contribution in [0.2, 0.25) is 0 Å². The summed E-state index contributed by atoms with van der Waals surface area (Å²) in [6.07, 6.45) is 12.0. The van der Waals surface area contributed by atoms with E-state index < -0.39 is 0 Å². The van der Waals surface area contributed by atoms with Gasteiger partial charge in [0.15, 0.2) is 0 Å². The van der Waals surface area contributed by atoms with Gasteiger partial charge in [-0.2, -0.15) is 0 Å².